The average Bonchev–Trinajstić information content (AvgIpc) is 2.74. The molecule has 28 heavy (non-hydrogen) atoms. The number of anilines is 1. The van der Waals surface area contributed by atoms with Gasteiger partial charge in [-0.2, -0.15) is 0 Å². The number of amides is 1. The smallest absolute Gasteiger partial charge is 0.256 e. The van der Waals surface area contributed by atoms with E-state index in [4.69, 9.17) is 11.6 Å². The number of piperazine rings is 1. The van der Waals surface area contributed by atoms with Gasteiger partial charge in [-0.1, -0.05) is 47.6 Å². The number of halogens is 1. The van der Waals surface area contributed by atoms with Crippen molar-refractivity contribution in [3.63, 3.8) is 0 Å². The second-order valence-corrected chi connectivity index (χ2v) is 7.82. The van der Waals surface area contributed by atoms with E-state index >= 15 is 0 Å². The van der Waals surface area contributed by atoms with Crippen LogP contribution < -0.4 is 4.90 Å². The van der Waals surface area contributed by atoms with Gasteiger partial charge < -0.3 is 9.80 Å². The van der Waals surface area contributed by atoms with E-state index in [2.05, 4.69) is 14.9 Å². The topological polar surface area (TPSA) is 49.3 Å². The van der Waals surface area contributed by atoms with Crippen molar-refractivity contribution in [3.8, 4) is 0 Å². The largest absolute Gasteiger partial charge is 0.353 e. The van der Waals surface area contributed by atoms with Crippen molar-refractivity contribution < 1.29 is 4.79 Å². The third-order valence-corrected chi connectivity index (χ3v) is 5.79. The number of carbonyl (C=O) groups is 1. The number of rotatable bonds is 4. The predicted octanol–water partition coefficient (Wildman–Crippen LogP) is 4.24. The minimum atomic E-state index is 0.0187. The molecule has 7 heteroatoms. The summed E-state index contributed by atoms with van der Waals surface area (Å²) < 4.78 is 0. The molecule has 1 aliphatic heterocycles. The molecule has 142 valence electrons. The highest BCUT2D eigenvalue weighted by Crippen LogP contribution is 2.29. The summed E-state index contributed by atoms with van der Waals surface area (Å²) in [4.78, 5) is 27.0. The van der Waals surface area contributed by atoms with E-state index in [0.717, 1.165) is 28.8 Å². The molecule has 1 aliphatic rings. The van der Waals surface area contributed by atoms with E-state index in [9.17, 15) is 4.79 Å². The summed E-state index contributed by atoms with van der Waals surface area (Å²) in [6.07, 6.45) is 1.73. The summed E-state index contributed by atoms with van der Waals surface area (Å²) >= 11 is 7.51. The van der Waals surface area contributed by atoms with E-state index in [1.54, 1.807) is 12.3 Å². The molecule has 1 fully saturated rings. The van der Waals surface area contributed by atoms with Crippen LogP contribution in [0.3, 0.4) is 0 Å². The van der Waals surface area contributed by atoms with E-state index in [0.29, 0.717) is 23.8 Å². The Balaban J connectivity index is 1.46. The number of hydrogen-bond donors (Lipinski definition) is 0. The zero-order chi connectivity index (χ0) is 19.3. The Labute approximate surface area is 173 Å². The fourth-order valence-electron chi connectivity index (χ4n) is 3.12. The molecular weight excluding hydrogens is 392 g/mol. The number of carbonyl (C=O) groups excluding carboxylic acids is 1. The van der Waals surface area contributed by atoms with Crippen LogP contribution in [0, 0.1) is 0 Å². The van der Waals surface area contributed by atoms with Gasteiger partial charge in [0.2, 0.25) is 0 Å². The Hall–Kier alpha value is -2.57. The standard InChI is InChI=1S/C21H19ClN4OS/c22-18-9-4-10-19(24-18)25-12-14-26(15-13-25)21(27)17-8-5-11-23-20(17)28-16-6-2-1-3-7-16/h1-11H,12-15H2. The van der Waals surface area contributed by atoms with Gasteiger partial charge in [-0.25, -0.2) is 9.97 Å². The van der Waals surface area contributed by atoms with E-state index < -0.39 is 0 Å². The molecule has 0 spiro atoms. The zero-order valence-corrected chi connectivity index (χ0v) is 16.7. The van der Waals surface area contributed by atoms with Crippen LogP contribution in [-0.2, 0) is 0 Å². The van der Waals surface area contributed by atoms with Crippen molar-refractivity contribution in [1.29, 1.82) is 0 Å². The number of aromatic nitrogens is 2. The minimum Gasteiger partial charge on any atom is -0.353 e. The Bertz CT molecular complexity index is 961. The molecule has 5 nitrogen and oxygen atoms in total. The molecule has 0 radical (unpaired) electrons. The first-order valence-corrected chi connectivity index (χ1v) is 10.2. The zero-order valence-electron chi connectivity index (χ0n) is 15.2. The van der Waals surface area contributed by atoms with Crippen LogP contribution in [0.1, 0.15) is 10.4 Å². The van der Waals surface area contributed by atoms with Crippen molar-refractivity contribution in [1.82, 2.24) is 14.9 Å². The molecular formula is C21H19ClN4OS. The molecule has 1 amide bonds. The van der Waals surface area contributed by atoms with E-state index in [1.165, 1.54) is 11.8 Å². The maximum atomic E-state index is 13.1. The molecule has 0 atom stereocenters. The predicted molar refractivity (Wildman–Crippen MR) is 112 cm³/mol. The molecule has 2 aromatic heterocycles. The Morgan fingerprint density at radius 2 is 1.71 bits per heavy atom. The lowest BCUT2D eigenvalue weighted by Crippen LogP contribution is -2.49. The number of pyridine rings is 2. The molecule has 3 aromatic rings. The van der Waals surface area contributed by atoms with Gasteiger partial charge in [0.05, 0.1) is 5.56 Å². The lowest BCUT2D eigenvalue weighted by molar-refractivity contribution is 0.0742. The normalized spacial score (nSPS) is 14.2. The van der Waals surface area contributed by atoms with Gasteiger partial charge >= 0.3 is 0 Å². The molecule has 0 N–H and O–H groups in total. The van der Waals surface area contributed by atoms with E-state index in [1.807, 2.05) is 59.5 Å². The Morgan fingerprint density at radius 1 is 0.929 bits per heavy atom. The summed E-state index contributed by atoms with van der Waals surface area (Å²) in [5.41, 5.74) is 0.644. The molecule has 1 aromatic carbocycles. The maximum absolute atomic E-state index is 13.1. The number of hydrogen-bond acceptors (Lipinski definition) is 5. The van der Waals surface area contributed by atoms with Gasteiger partial charge in [-0.3, -0.25) is 4.79 Å². The molecule has 0 saturated carbocycles. The van der Waals surface area contributed by atoms with Gasteiger partial charge in [-0.15, -0.1) is 0 Å². The fourth-order valence-corrected chi connectivity index (χ4v) is 4.17. The molecule has 3 heterocycles. The van der Waals surface area contributed by atoms with Crippen LogP contribution in [0.25, 0.3) is 0 Å². The van der Waals surface area contributed by atoms with Crippen LogP contribution in [0.5, 0.6) is 0 Å². The van der Waals surface area contributed by atoms with E-state index in [-0.39, 0.29) is 5.91 Å². The van der Waals surface area contributed by atoms with Gasteiger partial charge in [0.1, 0.15) is 16.0 Å². The number of benzene rings is 1. The third-order valence-electron chi connectivity index (χ3n) is 4.55. The van der Waals surface area contributed by atoms with Gasteiger partial charge in [0.25, 0.3) is 5.91 Å². The monoisotopic (exact) mass is 410 g/mol. The summed E-state index contributed by atoms with van der Waals surface area (Å²) in [6, 6.07) is 19.2. The first-order chi connectivity index (χ1) is 13.7. The lowest BCUT2D eigenvalue weighted by Gasteiger charge is -2.35. The molecule has 0 bridgehead atoms. The molecule has 0 unspecified atom stereocenters. The summed E-state index contributed by atoms with van der Waals surface area (Å²) in [7, 11) is 0. The Kier molecular flexibility index (Phi) is 5.78. The fraction of sp³-hybridized carbons (Fsp3) is 0.190. The van der Waals surface area contributed by atoms with Gasteiger partial charge in [0.15, 0.2) is 0 Å². The van der Waals surface area contributed by atoms with Crippen molar-refractivity contribution in [2.24, 2.45) is 0 Å². The molecule has 4 rings (SSSR count). The second-order valence-electron chi connectivity index (χ2n) is 6.37. The highest BCUT2D eigenvalue weighted by atomic mass is 35.5. The number of nitrogens with zero attached hydrogens (tertiary/aromatic N) is 4. The van der Waals surface area contributed by atoms with Crippen LogP contribution >= 0.6 is 23.4 Å². The van der Waals surface area contributed by atoms with Crippen molar-refractivity contribution in [2.45, 2.75) is 9.92 Å². The summed E-state index contributed by atoms with van der Waals surface area (Å²) in [5, 5.41) is 1.21. The Morgan fingerprint density at radius 3 is 2.46 bits per heavy atom. The quantitative estimate of drug-likeness (QED) is 0.602. The van der Waals surface area contributed by atoms with Crippen molar-refractivity contribution in [2.75, 3.05) is 31.1 Å². The minimum absolute atomic E-state index is 0.0187. The highest BCUT2D eigenvalue weighted by Gasteiger charge is 2.25. The van der Waals surface area contributed by atoms with Crippen LogP contribution in [0.15, 0.2) is 76.8 Å². The maximum Gasteiger partial charge on any atom is 0.256 e. The lowest BCUT2D eigenvalue weighted by atomic mass is 10.2. The average molecular weight is 411 g/mol. The highest BCUT2D eigenvalue weighted by molar-refractivity contribution is 7.99. The molecule has 1 saturated heterocycles. The van der Waals surface area contributed by atoms with Crippen molar-refractivity contribution in [3.05, 3.63) is 77.6 Å². The van der Waals surface area contributed by atoms with Crippen LogP contribution in [-0.4, -0.2) is 47.0 Å². The van der Waals surface area contributed by atoms with Gasteiger partial charge in [-0.05, 0) is 36.4 Å². The summed E-state index contributed by atoms with van der Waals surface area (Å²) in [6.45, 7) is 2.72. The SMILES string of the molecule is O=C(c1cccnc1Sc1ccccc1)N1CCN(c2cccc(Cl)n2)CC1. The van der Waals surface area contributed by atoms with Crippen LogP contribution in [0.2, 0.25) is 5.15 Å². The van der Waals surface area contributed by atoms with Crippen LogP contribution in [0.4, 0.5) is 5.82 Å². The van der Waals surface area contributed by atoms with Crippen molar-refractivity contribution >= 4 is 35.1 Å². The second kappa shape index (κ2) is 8.63. The first kappa shape index (κ1) is 18.8. The third kappa shape index (κ3) is 4.29. The molecule has 0 aliphatic carbocycles. The summed E-state index contributed by atoms with van der Waals surface area (Å²) in [5.74, 6) is 0.867. The van der Waals surface area contributed by atoms with Gasteiger partial charge in [0, 0.05) is 37.3 Å². The first-order valence-electron chi connectivity index (χ1n) is 9.05.